The van der Waals surface area contributed by atoms with Crippen molar-refractivity contribution in [3.63, 3.8) is 0 Å². The summed E-state index contributed by atoms with van der Waals surface area (Å²) in [6.45, 7) is 2.38. The van der Waals surface area contributed by atoms with Gasteiger partial charge in [-0.3, -0.25) is 19.3 Å². The Kier molecular flexibility index (Phi) is 6.27. The zero-order valence-corrected chi connectivity index (χ0v) is 17.1. The second-order valence-corrected chi connectivity index (χ2v) is 8.01. The molecule has 2 aromatic rings. The van der Waals surface area contributed by atoms with Gasteiger partial charge in [-0.15, -0.1) is 0 Å². The minimum absolute atomic E-state index is 0.0266. The maximum absolute atomic E-state index is 13.0. The second kappa shape index (κ2) is 9.26. The van der Waals surface area contributed by atoms with E-state index in [-0.39, 0.29) is 30.1 Å². The lowest BCUT2D eigenvalue weighted by Crippen LogP contribution is -2.48. The van der Waals surface area contributed by atoms with Gasteiger partial charge in [0.05, 0.1) is 17.7 Å². The molecule has 1 fully saturated rings. The number of rotatable bonds is 5. The summed E-state index contributed by atoms with van der Waals surface area (Å²) in [5.74, 6) is -1.28. The number of nitrogens with zero attached hydrogens (tertiary/aromatic N) is 1. The van der Waals surface area contributed by atoms with Crippen LogP contribution < -0.4 is 16.0 Å². The molecule has 1 atom stereocenters. The molecule has 0 spiro atoms. The van der Waals surface area contributed by atoms with E-state index in [2.05, 4.69) is 20.9 Å². The van der Waals surface area contributed by atoms with E-state index in [4.69, 9.17) is 0 Å². The fourth-order valence-corrected chi connectivity index (χ4v) is 4.01. The monoisotopic (exact) mass is 424 g/mol. The maximum atomic E-state index is 13.0. The molecule has 2 aliphatic rings. The summed E-state index contributed by atoms with van der Waals surface area (Å²) < 4.78 is 13.0. The fraction of sp³-hybridized carbons (Fsp3) is 0.348. The van der Waals surface area contributed by atoms with Gasteiger partial charge in [-0.1, -0.05) is 24.3 Å². The van der Waals surface area contributed by atoms with E-state index < -0.39 is 11.9 Å². The third-order valence-electron chi connectivity index (χ3n) is 5.71. The van der Waals surface area contributed by atoms with E-state index in [1.807, 2.05) is 0 Å². The largest absolute Gasteiger partial charge is 0.353 e. The minimum atomic E-state index is -0.918. The summed E-state index contributed by atoms with van der Waals surface area (Å²) in [5.41, 5.74) is 1.88. The van der Waals surface area contributed by atoms with Crippen molar-refractivity contribution in [1.82, 2.24) is 15.5 Å². The Morgan fingerprint density at radius 2 is 1.77 bits per heavy atom. The van der Waals surface area contributed by atoms with Gasteiger partial charge in [-0.25, -0.2) is 4.39 Å². The molecule has 8 heteroatoms. The second-order valence-electron chi connectivity index (χ2n) is 8.01. The number of nitrogens with one attached hydrogen (secondary N) is 3. The van der Waals surface area contributed by atoms with Crippen molar-refractivity contribution in [2.45, 2.75) is 37.9 Å². The first-order chi connectivity index (χ1) is 15.0. The van der Waals surface area contributed by atoms with Gasteiger partial charge in [0.25, 0.3) is 5.91 Å². The molecule has 2 aromatic carbocycles. The highest BCUT2D eigenvalue weighted by Crippen LogP contribution is 2.19. The Bertz CT molecular complexity index is 971. The molecular formula is C23H25FN4O3. The van der Waals surface area contributed by atoms with Crippen molar-refractivity contribution in [3.05, 3.63) is 65.5 Å². The quantitative estimate of drug-likeness (QED) is 0.685. The van der Waals surface area contributed by atoms with Gasteiger partial charge >= 0.3 is 0 Å². The van der Waals surface area contributed by atoms with Crippen LogP contribution in [0.3, 0.4) is 0 Å². The number of amides is 3. The molecule has 0 aliphatic carbocycles. The lowest BCUT2D eigenvalue weighted by Gasteiger charge is -2.32. The first-order valence-corrected chi connectivity index (χ1v) is 10.4. The Balaban J connectivity index is 1.25. The number of anilines is 1. The van der Waals surface area contributed by atoms with E-state index in [1.54, 1.807) is 36.4 Å². The topological polar surface area (TPSA) is 90.5 Å². The van der Waals surface area contributed by atoms with Crippen molar-refractivity contribution in [2.24, 2.45) is 0 Å². The van der Waals surface area contributed by atoms with Gasteiger partial charge < -0.3 is 16.0 Å². The molecule has 1 saturated heterocycles. The van der Waals surface area contributed by atoms with Crippen molar-refractivity contribution < 1.29 is 18.8 Å². The number of hydrogen-bond donors (Lipinski definition) is 3. The number of halogens is 1. The zero-order valence-electron chi connectivity index (χ0n) is 17.1. The van der Waals surface area contributed by atoms with Gasteiger partial charge in [-0.05, 0) is 42.7 Å². The predicted octanol–water partition coefficient (Wildman–Crippen LogP) is 2.05. The number of hydrogen-bond acceptors (Lipinski definition) is 4. The Morgan fingerprint density at radius 3 is 2.52 bits per heavy atom. The number of para-hydroxylation sites is 1. The number of benzene rings is 2. The van der Waals surface area contributed by atoms with Crippen LogP contribution in [0.5, 0.6) is 0 Å². The average molecular weight is 424 g/mol. The van der Waals surface area contributed by atoms with Gasteiger partial charge in [0.2, 0.25) is 11.8 Å². The van der Waals surface area contributed by atoms with E-state index in [1.165, 1.54) is 12.1 Å². The Morgan fingerprint density at radius 1 is 1.06 bits per heavy atom. The van der Waals surface area contributed by atoms with Gasteiger partial charge in [-0.2, -0.15) is 0 Å². The average Bonchev–Trinajstić information content (AvgIpc) is 2.87. The first-order valence-electron chi connectivity index (χ1n) is 10.4. The van der Waals surface area contributed by atoms with Gasteiger partial charge in [0.15, 0.2) is 0 Å². The van der Waals surface area contributed by atoms with Crippen LogP contribution in [0.15, 0.2) is 48.5 Å². The molecule has 31 heavy (non-hydrogen) atoms. The summed E-state index contributed by atoms with van der Waals surface area (Å²) in [4.78, 5) is 39.6. The van der Waals surface area contributed by atoms with Crippen LogP contribution in [0.1, 0.15) is 35.2 Å². The van der Waals surface area contributed by atoms with E-state index >= 15 is 0 Å². The van der Waals surface area contributed by atoms with Crippen LogP contribution in [0.2, 0.25) is 0 Å². The Labute approximate surface area is 180 Å². The fourth-order valence-electron chi connectivity index (χ4n) is 4.01. The summed E-state index contributed by atoms with van der Waals surface area (Å²) >= 11 is 0. The summed E-state index contributed by atoms with van der Waals surface area (Å²) in [5, 5.41) is 8.34. The highest BCUT2D eigenvalue weighted by Gasteiger charge is 2.30. The third kappa shape index (κ3) is 5.27. The van der Waals surface area contributed by atoms with Crippen LogP contribution in [0.4, 0.5) is 10.1 Å². The summed E-state index contributed by atoms with van der Waals surface area (Å²) in [7, 11) is 0. The molecule has 3 N–H and O–H groups in total. The molecular weight excluding hydrogens is 399 g/mol. The van der Waals surface area contributed by atoms with Crippen molar-refractivity contribution in [1.29, 1.82) is 0 Å². The molecule has 7 nitrogen and oxygen atoms in total. The van der Waals surface area contributed by atoms with Gasteiger partial charge in [0, 0.05) is 25.7 Å². The Hall–Kier alpha value is -3.26. The van der Waals surface area contributed by atoms with Crippen LogP contribution in [-0.2, 0) is 16.1 Å². The SMILES string of the molecule is O=C(C[C@H]1NC(=O)c2ccccc2NC1=O)NC1CCN(Cc2ccc(F)cc2)CC1. The van der Waals surface area contributed by atoms with Crippen LogP contribution in [0.25, 0.3) is 0 Å². The molecule has 0 bridgehead atoms. The normalized spacial score (nSPS) is 19.7. The van der Waals surface area contributed by atoms with Crippen molar-refractivity contribution >= 4 is 23.4 Å². The summed E-state index contributed by atoms with van der Waals surface area (Å²) in [6.07, 6.45) is 1.48. The standard InChI is InChI=1S/C23H25FN4O3/c24-16-7-5-15(6-8-16)14-28-11-9-17(10-12-28)25-21(29)13-20-23(31)26-19-4-2-1-3-18(19)22(30)27-20/h1-8,17,20H,9-14H2,(H,25,29)(H,26,31)(H,27,30)/t20-/m1/s1. The molecule has 0 radical (unpaired) electrons. The van der Waals surface area contributed by atoms with Crippen molar-refractivity contribution in [2.75, 3.05) is 18.4 Å². The molecule has 2 aliphatic heterocycles. The molecule has 0 unspecified atom stereocenters. The van der Waals surface area contributed by atoms with E-state index in [0.29, 0.717) is 11.3 Å². The van der Waals surface area contributed by atoms with E-state index in [9.17, 15) is 18.8 Å². The molecule has 0 saturated carbocycles. The van der Waals surface area contributed by atoms with Gasteiger partial charge in [0.1, 0.15) is 11.9 Å². The molecule has 2 heterocycles. The predicted molar refractivity (Wildman–Crippen MR) is 114 cm³/mol. The number of carbonyl (C=O) groups is 3. The number of fused-ring (bicyclic) bond motifs is 1. The third-order valence-corrected chi connectivity index (χ3v) is 5.71. The molecule has 4 rings (SSSR count). The molecule has 162 valence electrons. The number of likely N-dealkylation sites (tertiary alicyclic amines) is 1. The minimum Gasteiger partial charge on any atom is -0.353 e. The van der Waals surface area contributed by atoms with Crippen LogP contribution >= 0.6 is 0 Å². The lowest BCUT2D eigenvalue weighted by molar-refractivity contribution is -0.126. The smallest absolute Gasteiger partial charge is 0.254 e. The van der Waals surface area contributed by atoms with E-state index in [0.717, 1.165) is 38.0 Å². The zero-order chi connectivity index (χ0) is 21.8. The van der Waals surface area contributed by atoms with Crippen molar-refractivity contribution in [3.8, 4) is 0 Å². The molecule has 0 aromatic heterocycles. The van der Waals surface area contributed by atoms with Crippen LogP contribution in [0, 0.1) is 5.82 Å². The number of carbonyl (C=O) groups excluding carboxylic acids is 3. The highest BCUT2D eigenvalue weighted by molar-refractivity contribution is 6.10. The summed E-state index contributed by atoms with van der Waals surface area (Å²) in [6, 6.07) is 12.4. The maximum Gasteiger partial charge on any atom is 0.254 e. The number of piperidine rings is 1. The highest BCUT2D eigenvalue weighted by atomic mass is 19.1. The molecule has 3 amide bonds. The lowest BCUT2D eigenvalue weighted by atomic mass is 10.0. The van der Waals surface area contributed by atoms with Crippen LogP contribution in [-0.4, -0.2) is 47.8 Å². The first kappa shape index (κ1) is 21.0.